The molecule has 2 aromatic carbocycles. The number of benzene rings is 2. The van der Waals surface area contributed by atoms with Gasteiger partial charge in [0.05, 0.1) is 37.7 Å². The van der Waals surface area contributed by atoms with E-state index < -0.39 is 23.9 Å². The maximum Gasteiger partial charge on any atom is 0.343 e. The largest absolute Gasteiger partial charge is 0.466 e. The number of hydrogen-bond donors (Lipinski definition) is 2. The molecule has 1 atom stereocenters. The molecule has 0 saturated heterocycles. The van der Waals surface area contributed by atoms with E-state index >= 15 is 0 Å². The molecule has 1 amide bonds. The van der Waals surface area contributed by atoms with Crippen molar-refractivity contribution in [2.45, 2.75) is 78.8 Å². The molecule has 0 heterocycles. The molecule has 0 radical (unpaired) electrons. The zero-order chi connectivity index (χ0) is 31.9. The van der Waals surface area contributed by atoms with Crippen molar-refractivity contribution in [2.75, 3.05) is 13.2 Å². The Morgan fingerprint density at radius 3 is 1.84 bits per heavy atom. The van der Waals surface area contributed by atoms with Crippen molar-refractivity contribution in [3.05, 3.63) is 70.8 Å². The van der Waals surface area contributed by atoms with Crippen LogP contribution in [0.15, 0.2) is 54.1 Å². The molecule has 10 nitrogen and oxygen atoms in total. The van der Waals surface area contributed by atoms with Gasteiger partial charge in [0.1, 0.15) is 11.6 Å². The Morgan fingerprint density at radius 2 is 1.37 bits per heavy atom. The van der Waals surface area contributed by atoms with Crippen molar-refractivity contribution in [3.8, 4) is 5.75 Å². The summed E-state index contributed by atoms with van der Waals surface area (Å²) in [6.07, 6.45) is 3.61. The highest BCUT2D eigenvalue weighted by Crippen LogP contribution is 2.24. The second-order valence-electron chi connectivity index (χ2n) is 10.0. The number of nitrogen functional groups attached to an aromatic ring is 1. The van der Waals surface area contributed by atoms with Crippen molar-refractivity contribution in [3.63, 3.8) is 0 Å². The molecule has 0 bridgehead atoms. The Bertz CT molecular complexity index is 1270. The minimum Gasteiger partial charge on any atom is -0.466 e. The van der Waals surface area contributed by atoms with Crippen molar-refractivity contribution >= 4 is 35.7 Å². The topological polar surface area (TPSA) is 149 Å². The fourth-order valence-corrected chi connectivity index (χ4v) is 4.70. The summed E-state index contributed by atoms with van der Waals surface area (Å²) in [4.78, 5) is 53.3. The average molecular weight is 594 g/mol. The Morgan fingerprint density at radius 1 is 0.837 bits per heavy atom. The minimum atomic E-state index is -0.730. The van der Waals surface area contributed by atoms with Crippen LogP contribution in [0.1, 0.15) is 88.2 Å². The number of carbonyl (C=O) groups is 4. The second-order valence-corrected chi connectivity index (χ2v) is 10.0. The molecule has 232 valence electrons. The van der Waals surface area contributed by atoms with Gasteiger partial charge < -0.3 is 24.8 Å². The summed E-state index contributed by atoms with van der Waals surface area (Å²) in [6, 6.07) is 12.0. The molecule has 3 N–H and O–H groups in total. The fraction of sp³-hybridized carbons (Fsp3) is 0.424. The third-order valence-corrected chi connectivity index (χ3v) is 6.77. The van der Waals surface area contributed by atoms with Crippen LogP contribution in [0.4, 0.5) is 0 Å². The van der Waals surface area contributed by atoms with Gasteiger partial charge in [0, 0.05) is 17.2 Å². The van der Waals surface area contributed by atoms with Crippen LogP contribution in [0.5, 0.6) is 5.75 Å². The number of nitrogens with one attached hydrogen (secondary N) is 1. The molecule has 0 aromatic heterocycles. The van der Waals surface area contributed by atoms with Crippen molar-refractivity contribution in [1.29, 1.82) is 5.41 Å². The van der Waals surface area contributed by atoms with Gasteiger partial charge in [-0.2, -0.15) is 0 Å². The van der Waals surface area contributed by atoms with E-state index in [9.17, 15) is 19.2 Å². The van der Waals surface area contributed by atoms with Crippen LogP contribution in [0, 0.1) is 5.41 Å². The van der Waals surface area contributed by atoms with Gasteiger partial charge in [-0.25, -0.2) is 4.79 Å². The van der Waals surface area contributed by atoms with Gasteiger partial charge in [-0.1, -0.05) is 32.4 Å². The van der Waals surface area contributed by atoms with Crippen molar-refractivity contribution in [2.24, 2.45) is 5.73 Å². The van der Waals surface area contributed by atoms with E-state index in [1.807, 2.05) is 13.8 Å². The molecule has 0 aliphatic heterocycles. The predicted molar refractivity (Wildman–Crippen MR) is 165 cm³/mol. The number of amidine groups is 1. The monoisotopic (exact) mass is 593 g/mol. The molecular weight excluding hydrogens is 550 g/mol. The fourth-order valence-electron chi connectivity index (χ4n) is 4.70. The van der Waals surface area contributed by atoms with Gasteiger partial charge in [-0.15, -0.1) is 0 Å². The maximum absolute atomic E-state index is 13.9. The SMILES string of the molecule is CCCC(CC)N(C(=O)/C(C)=C/c1ccc(C(=O)Oc2ccc(C(=N)N)cc2)cc1)C(CC(=O)OCC)CC(=O)OCC. The van der Waals surface area contributed by atoms with Gasteiger partial charge in [0.25, 0.3) is 0 Å². The van der Waals surface area contributed by atoms with Crippen LogP contribution in [0.3, 0.4) is 0 Å². The first-order valence-electron chi connectivity index (χ1n) is 14.6. The third-order valence-electron chi connectivity index (χ3n) is 6.77. The summed E-state index contributed by atoms with van der Waals surface area (Å²) in [5.41, 5.74) is 7.39. The lowest BCUT2D eigenvalue weighted by molar-refractivity contribution is -0.150. The zero-order valence-corrected chi connectivity index (χ0v) is 25.7. The van der Waals surface area contributed by atoms with E-state index in [2.05, 4.69) is 0 Å². The molecule has 0 fully saturated rings. The van der Waals surface area contributed by atoms with Crippen molar-refractivity contribution < 1.29 is 33.4 Å². The van der Waals surface area contributed by atoms with E-state index in [1.54, 1.807) is 80.3 Å². The van der Waals surface area contributed by atoms with E-state index in [0.29, 0.717) is 40.9 Å². The minimum absolute atomic E-state index is 0.0810. The quantitative estimate of drug-likeness (QED) is 0.0878. The molecule has 0 saturated carbocycles. The van der Waals surface area contributed by atoms with Crippen LogP contribution in [-0.4, -0.2) is 59.8 Å². The van der Waals surface area contributed by atoms with Gasteiger partial charge in [0.15, 0.2) is 0 Å². The van der Waals surface area contributed by atoms with E-state index in [0.717, 1.165) is 6.42 Å². The van der Waals surface area contributed by atoms with E-state index in [4.69, 9.17) is 25.4 Å². The molecule has 10 heteroatoms. The highest BCUT2D eigenvalue weighted by molar-refractivity contribution is 5.98. The Hall–Kier alpha value is -4.47. The number of carbonyl (C=O) groups excluding carboxylic acids is 4. The van der Waals surface area contributed by atoms with E-state index in [1.165, 1.54) is 0 Å². The first-order valence-corrected chi connectivity index (χ1v) is 14.6. The number of nitrogens with zero attached hydrogens (tertiary/aromatic N) is 1. The van der Waals surface area contributed by atoms with Crippen LogP contribution in [0.2, 0.25) is 0 Å². The molecule has 43 heavy (non-hydrogen) atoms. The highest BCUT2D eigenvalue weighted by Gasteiger charge is 2.34. The summed E-state index contributed by atoms with van der Waals surface area (Å²) in [6.45, 7) is 9.48. The lowest BCUT2D eigenvalue weighted by Crippen LogP contribution is -2.49. The molecule has 0 spiro atoms. The molecule has 1 unspecified atom stereocenters. The number of esters is 3. The maximum atomic E-state index is 13.9. The highest BCUT2D eigenvalue weighted by atomic mass is 16.5. The predicted octanol–water partition coefficient (Wildman–Crippen LogP) is 5.28. The first-order chi connectivity index (χ1) is 20.5. The molecule has 2 aromatic rings. The molecular formula is C33H43N3O7. The normalized spacial score (nSPS) is 11.9. The molecule has 0 aliphatic carbocycles. The number of rotatable bonds is 16. The molecule has 2 rings (SSSR count). The molecule has 0 aliphatic rings. The Balaban J connectivity index is 2.31. The van der Waals surface area contributed by atoms with Crippen LogP contribution in [-0.2, 0) is 23.9 Å². The summed E-state index contributed by atoms with van der Waals surface area (Å²) in [5.74, 6) is -1.59. The Kier molecular flexibility index (Phi) is 14.1. The van der Waals surface area contributed by atoms with Crippen molar-refractivity contribution in [1.82, 2.24) is 4.90 Å². The number of amides is 1. The first kappa shape index (κ1) is 34.7. The smallest absolute Gasteiger partial charge is 0.343 e. The summed E-state index contributed by atoms with van der Waals surface area (Å²) < 4.78 is 15.7. The second kappa shape index (κ2) is 17.5. The van der Waals surface area contributed by atoms with Gasteiger partial charge in [-0.05, 0) is 81.7 Å². The summed E-state index contributed by atoms with van der Waals surface area (Å²) in [7, 11) is 0. The van der Waals surface area contributed by atoms with Gasteiger partial charge >= 0.3 is 17.9 Å². The number of nitrogens with two attached hydrogens (primary N) is 1. The lowest BCUT2D eigenvalue weighted by atomic mass is 9.98. The summed E-state index contributed by atoms with van der Waals surface area (Å²) in [5, 5.41) is 7.46. The van der Waals surface area contributed by atoms with Gasteiger partial charge in [-0.3, -0.25) is 19.8 Å². The van der Waals surface area contributed by atoms with Gasteiger partial charge in [0.2, 0.25) is 5.91 Å². The van der Waals surface area contributed by atoms with E-state index in [-0.39, 0.29) is 43.8 Å². The standard InChI is InChI=1S/C33H43N3O7/c1-6-10-26(7-2)36(27(20-29(37)41-8-3)21-30(38)42-9-4)32(39)22(5)19-23-11-13-25(14-12-23)33(40)43-28-17-15-24(16-18-28)31(34)35/h11-19,26-27H,6-10,20-21H2,1-5H3,(H3,34,35)/b22-19+. The summed E-state index contributed by atoms with van der Waals surface area (Å²) >= 11 is 0. The Labute approximate surface area is 253 Å². The van der Waals surface area contributed by atoms with Crippen LogP contribution in [0.25, 0.3) is 6.08 Å². The van der Waals surface area contributed by atoms with Crippen LogP contribution >= 0.6 is 0 Å². The lowest BCUT2D eigenvalue weighted by Gasteiger charge is -2.37. The third kappa shape index (κ3) is 10.7. The average Bonchev–Trinajstić information content (AvgIpc) is 2.97. The zero-order valence-electron chi connectivity index (χ0n) is 25.7. The number of hydrogen-bond acceptors (Lipinski definition) is 8. The van der Waals surface area contributed by atoms with Crippen LogP contribution < -0.4 is 10.5 Å². The number of ether oxygens (including phenoxy) is 3.